The van der Waals surface area contributed by atoms with Crippen LogP contribution in [0.15, 0.2) is 42.7 Å². The molecule has 1 N–H and O–H groups in total. The van der Waals surface area contributed by atoms with E-state index < -0.39 is 29.2 Å². The number of nitrogens with one attached hydrogen (secondary N) is 1. The molecule has 0 fully saturated rings. The second kappa shape index (κ2) is 9.55. The van der Waals surface area contributed by atoms with E-state index in [4.69, 9.17) is 9.47 Å². The Morgan fingerprint density at radius 2 is 1.83 bits per heavy atom. The molecule has 156 valence electrons. The van der Waals surface area contributed by atoms with E-state index in [1.54, 1.807) is 30.3 Å². The number of amides is 1. The maximum Gasteiger partial charge on any atom is 0.338 e. The van der Waals surface area contributed by atoms with Gasteiger partial charge in [-0.3, -0.25) is 9.78 Å². The zero-order valence-electron chi connectivity index (χ0n) is 16.2. The molecule has 3 aromatic rings. The van der Waals surface area contributed by atoms with Crippen molar-refractivity contribution in [1.82, 2.24) is 4.98 Å². The molecule has 6 nitrogen and oxygen atoms in total. The van der Waals surface area contributed by atoms with Crippen LogP contribution < -0.4 is 5.32 Å². The fourth-order valence-corrected chi connectivity index (χ4v) is 3.61. The van der Waals surface area contributed by atoms with Crippen molar-refractivity contribution >= 4 is 28.9 Å². The van der Waals surface area contributed by atoms with Crippen LogP contribution in [0.25, 0.3) is 10.4 Å². The minimum Gasteiger partial charge on any atom is -0.460 e. The lowest BCUT2D eigenvalue weighted by molar-refractivity contribution is 0.0388. The van der Waals surface area contributed by atoms with Crippen molar-refractivity contribution in [3.63, 3.8) is 0 Å². The summed E-state index contributed by atoms with van der Waals surface area (Å²) in [6, 6.07) is 8.38. The summed E-state index contributed by atoms with van der Waals surface area (Å²) >= 11 is 1.14. The lowest BCUT2D eigenvalue weighted by Gasteiger charge is -2.08. The minimum atomic E-state index is -0.962. The largest absolute Gasteiger partial charge is 0.460 e. The Hall–Kier alpha value is -3.17. The predicted molar refractivity (Wildman–Crippen MR) is 109 cm³/mol. The van der Waals surface area contributed by atoms with E-state index >= 15 is 0 Å². The molecule has 0 unspecified atom stereocenters. The van der Waals surface area contributed by atoms with Crippen molar-refractivity contribution in [2.45, 2.75) is 6.92 Å². The Morgan fingerprint density at radius 1 is 1.10 bits per heavy atom. The van der Waals surface area contributed by atoms with E-state index in [9.17, 15) is 18.4 Å². The molecule has 30 heavy (non-hydrogen) atoms. The number of anilines is 1. The molecule has 0 aliphatic rings. The molecule has 0 aliphatic carbocycles. The minimum absolute atomic E-state index is 0.143. The van der Waals surface area contributed by atoms with Gasteiger partial charge in [0.25, 0.3) is 5.91 Å². The average Bonchev–Trinajstić information content (AvgIpc) is 3.21. The van der Waals surface area contributed by atoms with Crippen molar-refractivity contribution in [1.29, 1.82) is 0 Å². The van der Waals surface area contributed by atoms with E-state index in [1.807, 2.05) is 6.92 Å². The number of halogens is 2. The molecule has 0 aliphatic heterocycles. The van der Waals surface area contributed by atoms with Gasteiger partial charge in [-0.25, -0.2) is 13.6 Å². The maximum atomic E-state index is 13.7. The van der Waals surface area contributed by atoms with Crippen LogP contribution in [0.4, 0.5) is 14.5 Å². The zero-order valence-corrected chi connectivity index (χ0v) is 17.0. The van der Waals surface area contributed by atoms with Gasteiger partial charge in [-0.05, 0) is 42.3 Å². The number of thiophene rings is 1. The van der Waals surface area contributed by atoms with Gasteiger partial charge >= 0.3 is 5.97 Å². The fraction of sp³-hybridized carbons (Fsp3) is 0.190. The number of carbonyl (C=O) groups excluding carboxylic acids is 2. The highest BCUT2D eigenvalue weighted by Crippen LogP contribution is 2.32. The van der Waals surface area contributed by atoms with Crippen LogP contribution in [-0.4, -0.2) is 37.2 Å². The molecule has 9 heteroatoms. The van der Waals surface area contributed by atoms with Crippen LogP contribution in [0, 0.1) is 18.6 Å². The van der Waals surface area contributed by atoms with Crippen molar-refractivity contribution in [2.75, 3.05) is 25.6 Å². The van der Waals surface area contributed by atoms with E-state index in [-0.39, 0.29) is 11.5 Å². The molecule has 0 spiro atoms. The highest BCUT2D eigenvalue weighted by atomic mass is 32.1. The molecule has 0 bridgehead atoms. The van der Waals surface area contributed by atoms with Crippen LogP contribution in [0.5, 0.6) is 0 Å². The lowest BCUT2D eigenvalue weighted by Crippen LogP contribution is -2.13. The number of carbonyl (C=O) groups is 2. The lowest BCUT2D eigenvalue weighted by atomic mass is 10.0. The van der Waals surface area contributed by atoms with Gasteiger partial charge in [-0.2, -0.15) is 0 Å². The summed E-state index contributed by atoms with van der Waals surface area (Å²) in [6.45, 7) is 2.31. The quantitative estimate of drug-likeness (QED) is 0.441. The number of aromatic nitrogens is 1. The standard InChI is InChI=1S/C21H18F2N2O4S/c1-12-3-4-13(21(27)29-8-7-28-2)9-14(12)17-5-6-18(30-17)20(26)25-19-15(22)10-24-11-16(19)23/h3-6,9-11H,7-8H2,1-2H3,(H,24,25,26). The van der Waals surface area contributed by atoms with E-state index in [0.29, 0.717) is 12.2 Å². The number of ether oxygens (including phenoxy) is 2. The average molecular weight is 432 g/mol. The zero-order chi connectivity index (χ0) is 21.7. The Bertz CT molecular complexity index is 1060. The first kappa shape index (κ1) is 21.5. The number of benzene rings is 1. The fourth-order valence-electron chi connectivity index (χ4n) is 2.63. The summed E-state index contributed by atoms with van der Waals surface area (Å²) in [5.41, 5.74) is 1.46. The summed E-state index contributed by atoms with van der Waals surface area (Å²) in [7, 11) is 1.51. The highest BCUT2D eigenvalue weighted by Gasteiger charge is 2.17. The first-order valence-corrected chi connectivity index (χ1v) is 9.69. The Kier molecular flexibility index (Phi) is 6.86. The molecule has 0 radical (unpaired) electrons. The van der Waals surface area contributed by atoms with E-state index in [1.165, 1.54) is 7.11 Å². The van der Waals surface area contributed by atoms with Crippen molar-refractivity contribution in [2.24, 2.45) is 0 Å². The molecule has 0 saturated heterocycles. The molecule has 1 aromatic carbocycles. The highest BCUT2D eigenvalue weighted by molar-refractivity contribution is 7.17. The number of pyridine rings is 1. The van der Waals surface area contributed by atoms with Gasteiger partial charge in [0, 0.05) is 12.0 Å². The van der Waals surface area contributed by atoms with Crippen molar-refractivity contribution in [3.05, 3.63) is 70.4 Å². The molecule has 3 rings (SSSR count). The van der Waals surface area contributed by atoms with Gasteiger partial charge < -0.3 is 14.8 Å². The van der Waals surface area contributed by atoms with Crippen molar-refractivity contribution < 1.29 is 27.8 Å². The van der Waals surface area contributed by atoms with Crippen LogP contribution in [0.2, 0.25) is 0 Å². The van der Waals surface area contributed by atoms with Crippen LogP contribution >= 0.6 is 11.3 Å². The van der Waals surface area contributed by atoms with Gasteiger partial charge in [0.15, 0.2) is 11.6 Å². The molecule has 2 heterocycles. The number of hydrogen-bond donors (Lipinski definition) is 1. The second-order valence-corrected chi connectivity index (χ2v) is 7.34. The maximum absolute atomic E-state index is 13.7. The molecular weight excluding hydrogens is 414 g/mol. The smallest absolute Gasteiger partial charge is 0.338 e. The third-order valence-corrected chi connectivity index (χ3v) is 5.30. The second-order valence-electron chi connectivity index (χ2n) is 6.25. The number of nitrogens with zero attached hydrogens (tertiary/aromatic N) is 1. The van der Waals surface area contributed by atoms with Crippen LogP contribution in [-0.2, 0) is 9.47 Å². The van der Waals surface area contributed by atoms with Gasteiger partial charge in [0.2, 0.25) is 0 Å². The van der Waals surface area contributed by atoms with Crippen molar-refractivity contribution in [3.8, 4) is 10.4 Å². The van der Waals surface area contributed by atoms with Crippen LogP contribution in [0.3, 0.4) is 0 Å². The van der Waals surface area contributed by atoms with Gasteiger partial charge in [-0.1, -0.05) is 6.07 Å². The number of methoxy groups -OCH3 is 1. The Morgan fingerprint density at radius 3 is 2.53 bits per heavy atom. The summed E-state index contributed by atoms with van der Waals surface area (Å²) < 4.78 is 37.4. The third kappa shape index (κ3) is 4.87. The number of aryl methyl sites for hydroxylation is 1. The topological polar surface area (TPSA) is 77.5 Å². The normalized spacial score (nSPS) is 10.7. The Balaban J connectivity index is 1.81. The molecule has 0 saturated carbocycles. The number of hydrogen-bond acceptors (Lipinski definition) is 6. The third-order valence-electron chi connectivity index (χ3n) is 4.18. The van der Waals surface area contributed by atoms with E-state index in [2.05, 4.69) is 10.3 Å². The van der Waals surface area contributed by atoms with Gasteiger partial charge in [0.05, 0.1) is 29.4 Å². The molecule has 1 amide bonds. The van der Waals surface area contributed by atoms with E-state index in [0.717, 1.165) is 39.7 Å². The number of esters is 1. The SMILES string of the molecule is COCCOC(=O)c1ccc(C)c(-c2ccc(C(=O)Nc3c(F)cncc3F)s2)c1. The Labute approximate surface area is 175 Å². The molecule has 0 atom stereocenters. The van der Waals surface area contributed by atoms with Crippen LogP contribution in [0.1, 0.15) is 25.6 Å². The summed E-state index contributed by atoms with van der Waals surface area (Å²) in [4.78, 5) is 29.0. The first-order valence-electron chi connectivity index (χ1n) is 8.88. The van der Waals surface area contributed by atoms with Gasteiger partial charge in [-0.15, -0.1) is 11.3 Å². The molecular formula is C21H18F2N2O4S. The summed E-state index contributed by atoms with van der Waals surface area (Å²) in [5.74, 6) is -3.05. The number of rotatable bonds is 7. The van der Waals surface area contributed by atoms with Gasteiger partial charge in [0.1, 0.15) is 12.3 Å². The monoisotopic (exact) mass is 432 g/mol. The molecule has 2 aromatic heterocycles. The predicted octanol–water partition coefficient (Wildman–Crippen LogP) is 4.45. The summed E-state index contributed by atoms with van der Waals surface area (Å²) in [5, 5.41) is 2.23. The first-order chi connectivity index (χ1) is 14.4. The summed E-state index contributed by atoms with van der Waals surface area (Å²) in [6.07, 6.45) is 1.64.